The van der Waals surface area contributed by atoms with Gasteiger partial charge >= 0.3 is 145 Å². The number of anilines is 2. The summed E-state index contributed by atoms with van der Waals surface area (Å²) in [5.41, 5.74) is 2.03. The SMILES string of the molecule is CC[N+](CC)(CC)Cc1c[se]c(N(C(C)=O)c2ccccc2)n1.[Cl-]. The number of amides is 1. The minimum atomic E-state index is 0. The van der Waals surface area contributed by atoms with E-state index >= 15 is 0 Å². The van der Waals surface area contributed by atoms with Gasteiger partial charge in [-0.25, -0.2) is 0 Å². The Kier molecular flexibility index (Phi) is 8.17. The van der Waals surface area contributed by atoms with Gasteiger partial charge in [0.1, 0.15) is 0 Å². The molecule has 0 atom stereocenters. The van der Waals surface area contributed by atoms with Crippen molar-refractivity contribution in [1.82, 2.24) is 4.98 Å². The van der Waals surface area contributed by atoms with Crippen molar-refractivity contribution in [3.05, 3.63) is 41.0 Å². The van der Waals surface area contributed by atoms with Crippen LogP contribution >= 0.6 is 0 Å². The summed E-state index contributed by atoms with van der Waals surface area (Å²) in [5, 5.41) is 0. The van der Waals surface area contributed by atoms with Gasteiger partial charge < -0.3 is 12.4 Å². The number of nitrogens with zero attached hydrogens (tertiary/aromatic N) is 3. The van der Waals surface area contributed by atoms with Gasteiger partial charge in [-0.15, -0.1) is 0 Å². The molecule has 1 aromatic heterocycles. The summed E-state index contributed by atoms with van der Waals surface area (Å²) in [6.45, 7) is 12.6. The van der Waals surface area contributed by atoms with Crippen LogP contribution in [0.1, 0.15) is 33.4 Å². The summed E-state index contributed by atoms with van der Waals surface area (Å²) in [4.78, 5) is 20.9. The van der Waals surface area contributed by atoms with Gasteiger partial charge in [0.15, 0.2) is 0 Å². The van der Waals surface area contributed by atoms with Crippen molar-refractivity contribution in [3.63, 3.8) is 0 Å². The number of para-hydroxylation sites is 1. The van der Waals surface area contributed by atoms with Crippen molar-refractivity contribution < 1.29 is 21.7 Å². The summed E-state index contributed by atoms with van der Waals surface area (Å²) in [5.74, 6) is 0.0219. The van der Waals surface area contributed by atoms with E-state index in [1.54, 1.807) is 11.8 Å². The number of benzene rings is 1. The second-order valence-electron chi connectivity index (χ2n) is 5.76. The van der Waals surface area contributed by atoms with E-state index in [4.69, 9.17) is 4.98 Å². The molecule has 0 aliphatic carbocycles. The molecule has 0 fully saturated rings. The maximum absolute atomic E-state index is 12.1. The molecule has 132 valence electrons. The second kappa shape index (κ2) is 9.38. The first-order chi connectivity index (χ1) is 11.0. The maximum Gasteiger partial charge on any atom is -1.00 e. The molecule has 1 amide bonds. The van der Waals surface area contributed by atoms with Crippen LogP contribution in [0.2, 0.25) is 0 Å². The normalized spacial score (nSPS) is 11.0. The van der Waals surface area contributed by atoms with E-state index in [0.717, 1.165) is 46.7 Å². The van der Waals surface area contributed by atoms with Crippen LogP contribution < -0.4 is 17.3 Å². The molecular formula is C18H26ClN3OSe. The Hall–Kier alpha value is -1.13. The van der Waals surface area contributed by atoms with Crippen LogP contribution in [0.3, 0.4) is 0 Å². The monoisotopic (exact) mass is 415 g/mol. The number of carbonyl (C=O) groups excluding carboxylic acids is 1. The molecule has 0 aliphatic heterocycles. The Bertz CT molecular complexity index is 632. The van der Waals surface area contributed by atoms with Gasteiger partial charge in [-0.2, -0.15) is 0 Å². The predicted octanol–water partition coefficient (Wildman–Crippen LogP) is 0.204. The number of hydrogen-bond acceptors (Lipinski definition) is 2. The zero-order valence-electron chi connectivity index (χ0n) is 14.8. The average Bonchev–Trinajstić information content (AvgIpc) is 3.01. The van der Waals surface area contributed by atoms with Crippen molar-refractivity contribution in [1.29, 1.82) is 0 Å². The number of halogens is 1. The van der Waals surface area contributed by atoms with Crippen LogP contribution in [0, 0.1) is 0 Å². The molecule has 0 aliphatic rings. The summed E-state index contributed by atoms with van der Waals surface area (Å²) in [6.07, 6.45) is 0. The average molecular weight is 415 g/mol. The van der Waals surface area contributed by atoms with Crippen LogP contribution in [0.4, 0.5) is 10.4 Å². The fourth-order valence-electron chi connectivity index (χ4n) is 2.83. The van der Waals surface area contributed by atoms with Crippen molar-refractivity contribution in [2.24, 2.45) is 0 Å². The van der Waals surface area contributed by atoms with E-state index in [2.05, 4.69) is 25.7 Å². The molecule has 2 rings (SSSR count). The third-order valence-corrected chi connectivity index (χ3v) is 6.41. The van der Waals surface area contributed by atoms with E-state index in [1.807, 2.05) is 30.3 Å². The summed E-state index contributed by atoms with van der Waals surface area (Å²) in [6, 6.07) is 9.79. The molecule has 24 heavy (non-hydrogen) atoms. The Labute approximate surface area is 157 Å². The molecular weight excluding hydrogens is 389 g/mol. The van der Waals surface area contributed by atoms with Gasteiger partial charge in [0.05, 0.1) is 0 Å². The number of quaternary nitrogens is 1. The predicted molar refractivity (Wildman–Crippen MR) is 96.0 cm³/mol. The molecule has 0 saturated heterocycles. The number of rotatable bonds is 7. The molecule has 4 nitrogen and oxygen atoms in total. The standard InChI is InChI=1S/C18H26N3OSe.ClH/c1-5-21(6-2,7-3)13-16-14-23-18(19-16)20(15(4)22)17-11-9-8-10-12-17;/h8-12,14H,5-7,13H2,1-4H3;1H/q+1;/p-1. The molecule has 1 heterocycles. The molecule has 6 heteroatoms. The molecule has 0 unspecified atom stereocenters. The Morgan fingerprint density at radius 3 is 2.21 bits per heavy atom. The van der Waals surface area contributed by atoms with Gasteiger partial charge in [0, 0.05) is 0 Å². The van der Waals surface area contributed by atoms with Crippen LogP contribution in [0.5, 0.6) is 0 Å². The molecule has 1 aromatic carbocycles. The van der Waals surface area contributed by atoms with Gasteiger partial charge in [-0.05, 0) is 0 Å². The van der Waals surface area contributed by atoms with Gasteiger partial charge in [0.25, 0.3) is 0 Å². The second-order valence-corrected chi connectivity index (χ2v) is 7.51. The van der Waals surface area contributed by atoms with E-state index < -0.39 is 0 Å². The fraction of sp³-hybridized carbons (Fsp3) is 0.444. The van der Waals surface area contributed by atoms with Crippen molar-refractivity contribution in [2.75, 3.05) is 24.5 Å². The Balaban J connectivity index is 0.00000288. The molecule has 0 bridgehead atoms. The third kappa shape index (κ3) is 4.70. The number of hydrogen-bond donors (Lipinski definition) is 0. The van der Waals surface area contributed by atoms with E-state index in [9.17, 15) is 4.79 Å². The summed E-state index contributed by atoms with van der Waals surface area (Å²) in [7, 11) is 0. The molecule has 0 spiro atoms. The van der Waals surface area contributed by atoms with E-state index in [0.29, 0.717) is 0 Å². The fourth-order valence-corrected chi connectivity index (χ4v) is 4.67. The van der Waals surface area contributed by atoms with Crippen LogP contribution in [0.25, 0.3) is 0 Å². The minimum absolute atomic E-state index is 0. The van der Waals surface area contributed by atoms with Gasteiger partial charge in [-0.3, -0.25) is 0 Å². The number of carbonyl (C=O) groups is 1. The largest absolute Gasteiger partial charge is 1.00 e. The third-order valence-electron chi connectivity index (χ3n) is 4.57. The topological polar surface area (TPSA) is 33.2 Å². The quantitative estimate of drug-likeness (QED) is 0.479. The summed E-state index contributed by atoms with van der Waals surface area (Å²) < 4.78 is 1.94. The first kappa shape index (κ1) is 20.9. The molecule has 2 aromatic rings. The Morgan fingerprint density at radius 1 is 1.12 bits per heavy atom. The van der Waals surface area contributed by atoms with Gasteiger partial charge in [-0.1, -0.05) is 0 Å². The summed E-state index contributed by atoms with van der Waals surface area (Å²) >= 11 is 0.113. The number of aromatic nitrogens is 1. The van der Waals surface area contributed by atoms with Crippen molar-refractivity contribution in [2.45, 2.75) is 34.2 Å². The molecule has 0 saturated carbocycles. The van der Waals surface area contributed by atoms with E-state index in [1.165, 1.54) is 0 Å². The minimum Gasteiger partial charge on any atom is -1.00 e. The van der Waals surface area contributed by atoms with Gasteiger partial charge in [0.2, 0.25) is 0 Å². The Morgan fingerprint density at radius 2 is 1.71 bits per heavy atom. The first-order valence-corrected chi connectivity index (χ1v) is 10.0. The van der Waals surface area contributed by atoms with Crippen molar-refractivity contribution in [3.8, 4) is 0 Å². The first-order valence-electron chi connectivity index (χ1n) is 8.20. The van der Waals surface area contributed by atoms with Crippen LogP contribution in [-0.2, 0) is 11.3 Å². The molecule has 0 radical (unpaired) electrons. The molecule has 0 N–H and O–H groups in total. The maximum atomic E-state index is 12.1. The van der Waals surface area contributed by atoms with E-state index in [-0.39, 0.29) is 32.8 Å². The zero-order chi connectivity index (χ0) is 16.9. The zero-order valence-corrected chi connectivity index (χ0v) is 17.3. The smallest absolute Gasteiger partial charge is 1.00 e. The van der Waals surface area contributed by atoms with Crippen LogP contribution in [-0.4, -0.2) is 49.5 Å². The van der Waals surface area contributed by atoms with Crippen molar-refractivity contribution >= 4 is 30.8 Å². The van der Waals surface area contributed by atoms with Crippen LogP contribution in [0.15, 0.2) is 35.3 Å².